The minimum absolute atomic E-state index is 0.194. The van der Waals surface area contributed by atoms with E-state index in [1.165, 1.54) is 0 Å². The molecule has 2 aromatic rings. The molecule has 21 heavy (non-hydrogen) atoms. The highest BCUT2D eigenvalue weighted by atomic mass is 35.5. The normalized spacial score (nSPS) is 11.2. The predicted molar refractivity (Wildman–Crippen MR) is 83.9 cm³/mol. The van der Waals surface area contributed by atoms with Crippen molar-refractivity contribution < 1.29 is 9.90 Å². The molecule has 2 aromatic carbocycles. The zero-order valence-corrected chi connectivity index (χ0v) is 12.3. The first-order chi connectivity index (χ1) is 10.1. The Morgan fingerprint density at radius 1 is 1.10 bits per heavy atom. The molecule has 1 amide bonds. The van der Waals surface area contributed by atoms with Crippen LogP contribution in [-0.2, 0) is 0 Å². The van der Waals surface area contributed by atoms with Crippen LogP contribution < -0.4 is 5.43 Å². The van der Waals surface area contributed by atoms with Crippen LogP contribution in [0.25, 0.3) is 0 Å². The fraction of sp³-hybridized carbons (Fsp3) is 0.125. The topological polar surface area (TPSA) is 61.7 Å². The SMILES string of the molecule is CCC(=NNC(=O)c1ccc(Cl)cc1)c1ccc(O)cc1. The standard InChI is InChI=1S/C16H15ClN2O2/c1-2-15(11-5-9-14(20)10-6-11)18-19-16(21)12-3-7-13(17)8-4-12/h3-10,20H,2H2,1H3,(H,19,21). The molecule has 0 spiro atoms. The zero-order chi connectivity index (χ0) is 15.2. The summed E-state index contributed by atoms with van der Waals surface area (Å²) in [6, 6.07) is 13.3. The first-order valence-electron chi connectivity index (χ1n) is 6.52. The summed E-state index contributed by atoms with van der Waals surface area (Å²) < 4.78 is 0. The highest BCUT2D eigenvalue weighted by Gasteiger charge is 2.06. The maximum atomic E-state index is 12.0. The van der Waals surface area contributed by atoms with Gasteiger partial charge < -0.3 is 5.11 Å². The average molecular weight is 303 g/mol. The van der Waals surface area contributed by atoms with Crippen molar-refractivity contribution in [2.75, 3.05) is 0 Å². The molecular formula is C16H15ClN2O2. The third kappa shape index (κ3) is 4.07. The second-order valence-electron chi connectivity index (χ2n) is 4.41. The van der Waals surface area contributed by atoms with Gasteiger partial charge in [-0.05, 0) is 60.5 Å². The number of phenolic OH excluding ortho intramolecular Hbond substituents is 1. The van der Waals surface area contributed by atoms with Crippen molar-refractivity contribution in [2.45, 2.75) is 13.3 Å². The smallest absolute Gasteiger partial charge is 0.271 e. The van der Waals surface area contributed by atoms with Gasteiger partial charge in [0.25, 0.3) is 5.91 Å². The number of nitrogens with one attached hydrogen (secondary N) is 1. The van der Waals surface area contributed by atoms with E-state index in [9.17, 15) is 9.90 Å². The van der Waals surface area contributed by atoms with Crippen LogP contribution in [0.3, 0.4) is 0 Å². The van der Waals surface area contributed by atoms with Gasteiger partial charge in [0.2, 0.25) is 0 Å². The van der Waals surface area contributed by atoms with E-state index in [0.29, 0.717) is 17.0 Å². The lowest BCUT2D eigenvalue weighted by Gasteiger charge is -2.05. The van der Waals surface area contributed by atoms with E-state index in [1.54, 1.807) is 48.5 Å². The molecule has 0 aliphatic rings. The minimum atomic E-state index is -0.295. The maximum absolute atomic E-state index is 12.0. The van der Waals surface area contributed by atoms with Crippen LogP contribution in [-0.4, -0.2) is 16.7 Å². The zero-order valence-electron chi connectivity index (χ0n) is 11.5. The monoisotopic (exact) mass is 302 g/mol. The Bertz CT molecular complexity index is 649. The number of carbonyl (C=O) groups excluding carboxylic acids is 1. The number of amides is 1. The van der Waals surface area contributed by atoms with Crippen LogP contribution in [0.1, 0.15) is 29.3 Å². The number of hydrazone groups is 1. The van der Waals surface area contributed by atoms with E-state index in [4.69, 9.17) is 11.6 Å². The molecule has 0 atom stereocenters. The van der Waals surface area contributed by atoms with Crippen molar-refractivity contribution in [3.8, 4) is 5.75 Å². The summed E-state index contributed by atoms with van der Waals surface area (Å²) in [6.07, 6.45) is 0.658. The molecule has 0 heterocycles. The Labute approximate surface area is 128 Å². The Morgan fingerprint density at radius 3 is 2.24 bits per heavy atom. The summed E-state index contributed by atoms with van der Waals surface area (Å²) in [6.45, 7) is 1.94. The van der Waals surface area contributed by atoms with Crippen LogP contribution in [0.5, 0.6) is 5.75 Å². The molecule has 0 aliphatic carbocycles. The van der Waals surface area contributed by atoms with Crippen LogP contribution in [0, 0.1) is 0 Å². The molecular weight excluding hydrogens is 288 g/mol. The van der Waals surface area contributed by atoms with Crippen LogP contribution in [0.4, 0.5) is 0 Å². The van der Waals surface area contributed by atoms with Crippen molar-refractivity contribution in [1.29, 1.82) is 0 Å². The van der Waals surface area contributed by atoms with Gasteiger partial charge in [0.05, 0.1) is 5.71 Å². The van der Waals surface area contributed by atoms with Crippen molar-refractivity contribution in [1.82, 2.24) is 5.43 Å². The first-order valence-corrected chi connectivity index (χ1v) is 6.90. The summed E-state index contributed by atoms with van der Waals surface area (Å²) in [5.41, 5.74) is 4.60. The molecule has 0 aliphatic heterocycles. The quantitative estimate of drug-likeness (QED) is 0.669. The predicted octanol–water partition coefficient (Wildman–Crippen LogP) is 3.59. The molecule has 0 unspecified atom stereocenters. The summed E-state index contributed by atoms with van der Waals surface area (Å²) >= 11 is 5.78. The van der Waals surface area contributed by atoms with Gasteiger partial charge in [0.1, 0.15) is 5.75 Å². The molecule has 108 valence electrons. The lowest BCUT2D eigenvalue weighted by Crippen LogP contribution is -2.19. The molecule has 4 nitrogen and oxygen atoms in total. The van der Waals surface area contributed by atoms with Crippen molar-refractivity contribution >= 4 is 23.2 Å². The molecule has 5 heteroatoms. The molecule has 0 saturated heterocycles. The van der Waals surface area contributed by atoms with E-state index >= 15 is 0 Å². The Balaban J connectivity index is 2.12. The third-order valence-electron chi connectivity index (χ3n) is 2.93. The number of nitrogens with zero attached hydrogens (tertiary/aromatic N) is 1. The summed E-state index contributed by atoms with van der Waals surface area (Å²) in [4.78, 5) is 12.0. The van der Waals surface area contributed by atoms with Crippen molar-refractivity contribution in [3.05, 3.63) is 64.7 Å². The molecule has 0 bridgehead atoms. The molecule has 2 N–H and O–H groups in total. The van der Waals surface area contributed by atoms with Crippen LogP contribution in [0.2, 0.25) is 5.02 Å². The number of carbonyl (C=O) groups is 1. The van der Waals surface area contributed by atoms with Gasteiger partial charge in [-0.25, -0.2) is 5.43 Å². The highest BCUT2D eigenvalue weighted by Crippen LogP contribution is 2.12. The lowest BCUT2D eigenvalue weighted by atomic mass is 10.1. The van der Waals surface area contributed by atoms with E-state index in [1.807, 2.05) is 6.92 Å². The number of benzene rings is 2. The van der Waals surface area contributed by atoms with Gasteiger partial charge in [0.15, 0.2) is 0 Å². The molecule has 0 radical (unpaired) electrons. The van der Waals surface area contributed by atoms with E-state index < -0.39 is 0 Å². The van der Waals surface area contributed by atoms with Gasteiger partial charge in [-0.2, -0.15) is 5.10 Å². The maximum Gasteiger partial charge on any atom is 0.271 e. The largest absolute Gasteiger partial charge is 0.508 e. The Kier molecular flexibility index (Phi) is 4.95. The number of aromatic hydroxyl groups is 1. The van der Waals surface area contributed by atoms with E-state index in [-0.39, 0.29) is 11.7 Å². The molecule has 0 fully saturated rings. The van der Waals surface area contributed by atoms with Gasteiger partial charge in [-0.1, -0.05) is 18.5 Å². The molecule has 2 rings (SSSR count). The fourth-order valence-corrected chi connectivity index (χ4v) is 1.91. The lowest BCUT2D eigenvalue weighted by molar-refractivity contribution is 0.0955. The number of hydrogen-bond donors (Lipinski definition) is 2. The fourth-order valence-electron chi connectivity index (χ4n) is 1.79. The average Bonchev–Trinajstić information content (AvgIpc) is 2.50. The molecule has 0 aromatic heterocycles. The van der Waals surface area contributed by atoms with Gasteiger partial charge >= 0.3 is 0 Å². The van der Waals surface area contributed by atoms with E-state index in [2.05, 4.69) is 10.5 Å². The Hall–Kier alpha value is -2.33. The first kappa shape index (κ1) is 15.1. The second kappa shape index (κ2) is 6.90. The number of phenols is 1. The molecule has 0 saturated carbocycles. The van der Waals surface area contributed by atoms with Gasteiger partial charge in [-0.15, -0.1) is 0 Å². The van der Waals surface area contributed by atoms with E-state index in [0.717, 1.165) is 11.3 Å². The highest BCUT2D eigenvalue weighted by molar-refractivity contribution is 6.30. The van der Waals surface area contributed by atoms with Crippen molar-refractivity contribution in [2.24, 2.45) is 5.10 Å². The van der Waals surface area contributed by atoms with Crippen molar-refractivity contribution in [3.63, 3.8) is 0 Å². The number of rotatable bonds is 4. The van der Waals surface area contributed by atoms with Crippen LogP contribution >= 0.6 is 11.6 Å². The number of hydrogen-bond acceptors (Lipinski definition) is 3. The van der Waals surface area contributed by atoms with Gasteiger partial charge in [0, 0.05) is 10.6 Å². The summed E-state index contributed by atoms with van der Waals surface area (Å²) in [7, 11) is 0. The second-order valence-corrected chi connectivity index (χ2v) is 4.84. The third-order valence-corrected chi connectivity index (χ3v) is 3.19. The van der Waals surface area contributed by atoms with Crippen LogP contribution in [0.15, 0.2) is 53.6 Å². The minimum Gasteiger partial charge on any atom is -0.508 e. The number of halogens is 1. The summed E-state index contributed by atoms with van der Waals surface area (Å²) in [5.74, 6) is -0.101. The van der Waals surface area contributed by atoms with Gasteiger partial charge in [-0.3, -0.25) is 4.79 Å². The Morgan fingerprint density at radius 2 is 1.67 bits per heavy atom. The summed E-state index contributed by atoms with van der Waals surface area (Å²) in [5, 5.41) is 14.0.